The second-order valence-corrected chi connectivity index (χ2v) is 8.03. The number of fused-ring (bicyclic) bond motifs is 1. The highest BCUT2D eigenvalue weighted by molar-refractivity contribution is 7.80. The molecule has 3 aromatic carbocycles. The van der Waals surface area contributed by atoms with Crippen molar-refractivity contribution in [1.29, 1.82) is 0 Å². The van der Waals surface area contributed by atoms with Crippen molar-refractivity contribution in [2.24, 2.45) is 0 Å². The largest absolute Gasteiger partial charge is 0.497 e. The third-order valence-corrected chi connectivity index (χ3v) is 5.23. The maximum absolute atomic E-state index is 12.4. The molecule has 0 saturated heterocycles. The Morgan fingerprint density at radius 1 is 1.06 bits per heavy atom. The van der Waals surface area contributed by atoms with Crippen LogP contribution in [0.25, 0.3) is 22.6 Å². The van der Waals surface area contributed by atoms with Gasteiger partial charge in [-0.15, -0.1) is 0 Å². The smallest absolute Gasteiger partial charge is 0.257 e. The molecule has 6 nitrogen and oxygen atoms in total. The Kier molecular flexibility index (Phi) is 6.18. The van der Waals surface area contributed by atoms with Gasteiger partial charge in [-0.2, -0.15) is 0 Å². The van der Waals surface area contributed by atoms with Crippen molar-refractivity contribution in [3.63, 3.8) is 0 Å². The maximum Gasteiger partial charge on any atom is 0.257 e. The third-order valence-electron chi connectivity index (χ3n) is 5.02. The molecule has 162 valence electrons. The summed E-state index contributed by atoms with van der Waals surface area (Å²) in [5.74, 6) is 1.32. The highest BCUT2D eigenvalue weighted by Crippen LogP contribution is 2.28. The molecule has 0 aliphatic heterocycles. The Morgan fingerprint density at radius 3 is 2.56 bits per heavy atom. The molecule has 0 unspecified atom stereocenters. The van der Waals surface area contributed by atoms with Gasteiger partial charge >= 0.3 is 0 Å². The zero-order chi connectivity index (χ0) is 22.7. The lowest BCUT2D eigenvalue weighted by molar-refractivity contribution is 0.0977. The van der Waals surface area contributed by atoms with Gasteiger partial charge in [0.2, 0.25) is 5.89 Å². The summed E-state index contributed by atoms with van der Waals surface area (Å²) in [6.07, 6.45) is 0. The van der Waals surface area contributed by atoms with Crippen LogP contribution in [0.4, 0.5) is 5.69 Å². The Morgan fingerprint density at radius 2 is 1.84 bits per heavy atom. The molecule has 0 bridgehead atoms. The molecule has 2 N–H and O–H groups in total. The van der Waals surface area contributed by atoms with E-state index >= 15 is 0 Å². The van der Waals surface area contributed by atoms with Crippen LogP contribution in [0.2, 0.25) is 0 Å². The second-order valence-electron chi connectivity index (χ2n) is 7.62. The number of amides is 1. The van der Waals surface area contributed by atoms with Gasteiger partial charge in [-0.3, -0.25) is 10.1 Å². The van der Waals surface area contributed by atoms with Crippen LogP contribution in [-0.4, -0.2) is 23.1 Å². The summed E-state index contributed by atoms with van der Waals surface area (Å²) in [7, 11) is 1.58. The molecule has 0 atom stereocenters. The Balaban J connectivity index is 1.47. The molecular formula is C25H23N3O3S. The molecule has 0 fully saturated rings. The summed E-state index contributed by atoms with van der Waals surface area (Å²) in [5, 5.41) is 5.92. The number of benzene rings is 3. The molecule has 4 rings (SSSR count). The molecule has 0 saturated carbocycles. The van der Waals surface area contributed by atoms with E-state index in [0.29, 0.717) is 28.8 Å². The minimum Gasteiger partial charge on any atom is -0.497 e. The van der Waals surface area contributed by atoms with E-state index < -0.39 is 0 Å². The highest BCUT2D eigenvalue weighted by Gasteiger charge is 2.12. The van der Waals surface area contributed by atoms with Crippen LogP contribution < -0.4 is 15.4 Å². The second kappa shape index (κ2) is 9.20. The van der Waals surface area contributed by atoms with Gasteiger partial charge in [0.1, 0.15) is 11.3 Å². The van der Waals surface area contributed by atoms with E-state index in [9.17, 15) is 4.79 Å². The first kappa shape index (κ1) is 21.5. The summed E-state index contributed by atoms with van der Waals surface area (Å²) in [6.45, 7) is 4.29. The lowest BCUT2D eigenvalue weighted by Crippen LogP contribution is -2.34. The van der Waals surface area contributed by atoms with Crippen molar-refractivity contribution in [2.45, 2.75) is 19.8 Å². The van der Waals surface area contributed by atoms with Gasteiger partial charge in [0.05, 0.1) is 7.11 Å². The van der Waals surface area contributed by atoms with Crippen LogP contribution in [0.15, 0.2) is 71.1 Å². The monoisotopic (exact) mass is 445 g/mol. The number of nitrogens with one attached hydrogen (secondary N) is 2. The topological polar surface area (TPSA) is 76.4 Å². The minimum atomic E-state index is -0.304. The average Bonchev–Trinajstić information content (AvgIpc) is 3.22. The maximum atomic E-state index is 12.4. The van der Waals surface area contributed by atoms with E-state index in [1.165, 1.54) is 5.56 Å². The number of hydrogen-bond acceptors (Lipinski definition) is 5. The molecule has 7 heteroatoms. The molecule has 32 heavy (non-hydrogen) atoms. The summed E-state index contributed by atoms with van der Waals surface area (Å²) >= 11 is 5.31. The number of nitrogens with zero attached hydrogens (tertiary/aromatic N) is 1. The number of methoxy groups -OCH3 is 1. The number of rotatable bonds is 5. The zero-order valence-electron chi connectivity index (χ0n) is 18.0. The van der Waals surface area contributed by atoms with Crippen LogP contribution in [-0.2, 0) is 0 Å². The molecule has 0 radical (unpaired) electrons. The molecule has 1 heterocycles. The van der Waals surface area contributed by atoms with Crippen LogP contribution in [0, 0.1) is 0 Å². The molecule has 0 aliphatic rings. The van der Waals surface area contributed by atoms with Crippen LogP contribution in [0.5, 0.6) is 5.75 Å². The average molecular weight is 446 g/mol. The Hall–Kier alpha value is -3.71. The molecule has 1 amide bonds. The van der Waals surface area contributed by atoms with Gasteiger partial charge in [0.15, 0.2) is 10.7 Å². The first-order valence-corrected chi connectivity index (χ1v) is 10.6. The van der Waals surface area contributed by atoms with Gasteiger partial charge in [0, 0.05) is 16.8 Å². The van der Waals surface area contributed by atoms with Crippen molar-refractivity contribution in [3.8, 4) is 17.2 Å². The standard InChI is InChI=1S/C25H23N3O3S/c1-15(2)17-9-12-22-21(14-17)27-24(31-22)18-5-4-6-19(13-18)26-25(32)28-23(29)16-7-10-20(30-3)11-8-16/h4-15H,1-3H3,(H2,26,28,29,32). The number of carbonyl (C=O) groups excluding carboxylic acids is 1. The van der Waals surface area contributed by atoms with Crippen molar-refractivity contribution < 1.29 is 13.9 Å². The fraction of sp³-hybridized carbons (Fsp3) is 0.160. The summed E-state index contributed by atoms with van der Waals surface area (Å²) in [4.78, 5) is 17.0. The van der Waals surface area contributed by atoms with E-state index in [1.54, 1.807) is 31.4 Å². The molecular weight excluding hydrogens is 422 g/mol. The Bertz CT molecular complexity index is 1280. The number of oxazole rings is 1. The SMILES string of the molecule is COc1ccc(C(=O)NC(=S)Nc2cccc(-c3nc4cc(C(C)C)ccc4o3)c2)cc1. The first-order valence-electron chi connectivity index (χ1n) is 10.2. The molecule has 1 aromatic heterocycles. The lowest BCUT2D eigenvalue weighted by Gasteiger charge is -2.10. The van der Waals surface area contributed by atoms with Gasteiger partial charge in [-0.05, 0) is 78.3 Å². The van der Waals surface area contributed by atoms with Gasteiger partial charge in [0.25, 0.3) is 5.91 Å². The minimum absolute atomic E-state index is 0.196. The molecule has 4 aromatic rings. The number of aromatic nitrogens is 1. The van der Waals surface area contributed by atoms with E-state index in [4.69, 9.17) is 21.4 Å². The van der Waals surface area contributed by atoms with Crippen molar-refractivity contribution >= 4 is 40.0 Å². The van der Waals surface area contributed by atoms with Gasteiger partial charge < -0.3 is 14.5 Å². The van der Waals surface area contributed by atoms with E-state index in [1.807, 2.05) is 30.3 Å². The number of thiocarbonyl (C=S) groups is 1. The van der Waals surface area contributed by atoms with Crippen LogP contribution in [0.1, 0.15) is 35.7 Å². The van der Waals surface area contributed by atoms with Gasteiger partial charge in [-0.1, -0.05) is 26.0 Å². The van der Waals surface area contributed by atoms with Crippen LogP contribution in [0.3, 0.4) is 0 Å². The normalized spacial score (nSPS) is 10.9. The fourth-order valence-corrected chi connectivity index (χ4v) is 3.45. The predicted molar refractivity (Wildman–Crippen MR) is 130 cm³/mol. The highest BCUT2D eigenvalue weighted by atomic mass is 32.1. The quantitative estimate of drug-likeness (QED) is 0.381. The third kappa shape index (κ3) is 4.78. The van der Waals surface area contributed by atoms with E-state index in [-0.39, 0.29) is 11.0 Å². The number of carbonyl (C=O) groups is 1. The van der Waals surface area contributed by atoms with E-state index in [2.05, 4.69) is 41.6 Å². The number of anilines is 1. The molecule has 0 spiro atoms. The summed E-state index contributed by atoms with van der Waals surface area (Å²) in [6, 6.07) is 20.4. The Labute approximate surface area is 191 Å². The van der Waals surface area contributed by atoms with Crippen molar-refractivity contribution in [1.82, 2.24) is 10.3 Å². The lowest BCUT2D eigenvalue weighted by atomic mass is 10.0. The zero-order valence-corrected chi connectivity index (χ0v) is 18.8. The number of hydrogen-bond donors (Lipinski definition) is 2. The van der Waals surface area contributed by atoms with Crippen molar-refractivity contribution in [3.05, 3.63) is 77.9 Å². The van der Waals surface area contributed by atoms with E-state index in [0.717, 1.165) is 16.7 Å². The van der Waals surface area contributed by atoms with Gasteiger partial charge in [-0.25, -0.2) is 4.98 Å². The van der Waals surface area contributed by atoms with Crippen molar-refractivity contribution in [2.75, 3.05) is 12.4 Å². The summed E-state index contributed by atoms with van der Waals surface area (Å²) < 4.78 is 11.0. The summed E-state index contributed by atoms with van der Waals surface area (Å²) in [5.41, 5.74) is 4.78. The number of ether oxygens (including phenoxy) is 1. The molecule has 0 aliphatic carbocycles. The van der Waals surface area contributed by atoms with Crippen LogP contribution >= 0.6 is 12.2 Å². The predicted octanol–water partition coefficient (Wildman–Crippen LogP) is 5.75. The fourth-order valence-electron chi connectivity index (χ4n) is 3.24. The first-order chi connectivity index (χ1) is 15.4.